The summed E-state index contributed by atoms with van der Waals surface area (Å²) in [4.78, 5) is 11.9. The van der Waals surface area contributed by atoms with Crippen LogP contribution in [0.1, 0.15) is 37.8 Å². The molecule has 6 heteroatoms. The van der Waals surface area contributed by atoms with Crippen molar-refractivity contribution < 1.29 is 19.0 Å². The van der Waals surface area contributed by atoms with Crippen LogP contribution in [0.3, 0.4) is 0 Å². The van der Waals surface area contributed by atoms with Crippen molar-refractivity contribution in [3.05, 3.63) is 29.6 Å². The maximum atomic E-state index is 13.4. The Labute approximate surface area is 129 Å². The minimum atomic E-state index is -0.428. The van der Waals surface area contributed by atoms with E-state index in [2.05, 4.69) is 10.6 Å². The van der Waals surface area contributed by atoms with Gasteiger partial charge >= 0.3 is 6.03 Å². The number of hydrogen-bond acceptors (Lipinski definition) is 3. The number of aliphatic hydroxyl groups is 1. The summed E-state index contributed by atoms with van der Waals surface area (Å²) < 4.78 is 18.3. The van der Waals surface area contributed by atoms with E-state index in [1.54, 1.807) is 12.1 Å². The number of hydrogen-bond donors (Lipinski definition) is 3. The average molecular weight is 310 g/mol. The van der Waals surface area contributed by atoms with Gasteiger partial charge in [0.15, 0.2) is 11.6 Å². The second kappa shape index (κ2) is 7.45. The van der Waals surface area contributed by atoms with Gasteiger partial charge in [-0.05, 0) is 49.8 Å². The fourth-order valence-corrected chi connectivity index (χ4v) is 2.75. The minimum Gasteiger partial charge on any atom is -0.494 e. The first-order valence-electron chi connectivity index (χ1n) is 7.55. The molecule has 1 aliphatic carbocycles. The minimum absolute atomic E-state index is 0.159. The van der Waals surface area contributed by atoms with E-state index in [-0.39, 0.29) is 23.9 Å². The summed E-state index contributed by atoms with van der Waals surface area (Å²) in [7, 11) is 1.41. The normalized spacial score (nSPS) is 22.2. The summed E-state index contributed by atoms with van der Waals surface area (Å²) >= 11 is 0. The molecule has 122 valence electrons. The van der Waals surface area contributed by atoms with Crippen molar-refractivity contribution in [2.75, 3.05) is 13.7 Å². The first-order chi connectivity index (χ1) is 10.5. The van der Waals surface area contributed by atoms with E-state index in [9.17, 15) is 14.3 Å². The molecule has 0 saturated heterocycles. The molecule has 0 aromatic heterocycles. The zero-order valence-electron chi connectivity index (χ0n) is 12.9. The zero-order chi connectivity index (χ0) is 16.1. The molecule has 1 aromatic rings. The number of carbonyl (C=O) groups is 1. The number of amides is 2. The van der Waals surface area contributed by atoms with E-state index in [1.165, 1.54) is 13.2 Å². The van der Waals surface area contributed by atoms with Crippen molar-refractivity contribution in [2.24, 2.45) is 5.92 Å². The van der Waals surface area contributed by atoms with E-state index < -0.39 is 5.82 Å². The van der Waals surface area contributed by atoms with Gasteiger partial charge in [0.25, 0.3) is 0 Å². The number of benzene rings is 1. The molecular weight excluding hydrogens is 287 g/mol. The van der Waals surface area contributed by atoms with E-state index in [0.29, 0.717) is 12.5 Å². The molecular formula is C16H23FN2O3. The summed E-state index contributed by atoms with van der Waals surface area (Å²) in [6.45, 7) is 2.38. The first-order valence-corrected chi connectivity index (χ1v) is 7.55. The number of nitrogens with one attached hydrogen (secondary N) is 2. The standard InChI is InChI=1S/C16H23FN2O3/c1-10(12-4-6-14(17)15(8-12)22-2)19-16(21)18-9-11-3-5-13(20)7-11/h4,6,8,10-11,13,20H,3,5,7,9H2,1-2H3,(H2,18,19,21)/t10-,11-,13-/m0/s1. The van der Waals surface area contributed by atoms with Crippen LogP contribution in [-0.2, 0) is 0 Å². The topological polar surface area (TPSA) is 70.6 Å². The van der Waals surface area contributed by atoms with E-state index in [4.69, 9.17) is 4.74 Å². The number of methoxy groups -OCH3 is 1. The Hall–Kier alpha value is -1.82. The van der Waals surface area contributed by atoms with Crippen molar-refractivity contribution in [3.63, 3.8) is 0 Å². The lowest BCUT2D eigenvalue weighted by atomic mass is 10.1. The molecule has 1 aromatic carbocycles. The highest BCUT2D eigenvalue weighted by Gasteiger charge is 2.23. The van der Waals surface area contributed by atoms with Crippen LogP contribution >= 0.6 is 0 Å². The molecule has 1 aliphatic rings. The lowest BCUT2D eigenvalue weighted by molar-refractivity contribution is 0.177. The van der Waals surface area contributed by atoms with Gasteiger partial charge in [-0.25, -0.2) is 9.18 Å². The fraction of sp³-hybridized carbons (Fsp3) is 0.562. The van der Waals surface area contributed by atoms with E-state index in [0.717, 1.165) is 24.8 Å². The number of urea groups is 1. The predicted molar refractivity (Wildman–Crippen MR) is 81.2 cm³/mol. The highest BCUT2D eigenvalue weighted by molar-refractivity contribution is 5.74. The van der Waals surface area contributed by atoms with Crippen molar-refractivity contribution in [1.82, 2.24) is 10.6 Å². The molecule has 22 heavy (non-hydrogen) atoms. The third kappa shape index (κ3) is 4.34. The molecule has 0 spiro atoms. The lowest BCUT2D eigenvalue weighted by Crippen LogP contribution is -2.39. The number of halogens is 1. The third-order valence-electron chi connectivity index (χ3n) is 4.09. The summed E-state index contributed by atoms with van der Waals surface area (Å²) in [5.74, 6) is 0.0659. The number of carbonyl (C=O) groups excluding carboxylic acids is 1. The van der Waals surface area contributed by atoms with Gasteiger partial charge in [-0.2, -0.15) is 0 Å². The van der Waals surface area contributed by atoms with Crippen LogP contribution in [0.5, 0.6) is 5.75 Å². The summed E-state index contributed by atoms with van der Waals surface area (Å²) in [6, 6.07) is 3.99. The van der Waals surface area contributed by atoms with E-state index >= 15 is 0 Å². The van der Waals surface area contributed by atoms with Gasteiger partial charge in [-0.1, -0.05) is 6.07 Å². The van der Waals surface area contributed by atoms with Crippen LogP contribution < -0.4 is 15.4 Å². The zero-order valence-corrected chi connectivity index (χ0v) is 12.9. The first kappa shape index (κ1) is 16.5. The molecule has 0 bridgehead atoms. The Morgan fingerprint density at radius 1 is 1.50 bits per heavy atom. The molecule has 0 aliphatic heterocycles. The molecule has 5 nitrogen and oxygen atoms in total. The van der Waals surface area contributed by atoms with Gasteiger partial charge in [0.1, 0.15) is 0 Å². The number of rotatable bonds is 5. The Balaban J connectivity index is 1.83. The maximum Gasteiger partial charge on any atom is 0.315 e. The van der Waals surface area contributed by atoms with Crippen LogP contribution in [-0.4, -0.2) is 30.9 Å². The van der Waals surface area contributed by atoms with Gasteiger partial charge in [0.05, 0.1) is 19.3 Å². The Bertz CT molecular complexity index is 524. The number of ether oxygens (including phenoxy) is 1. The van der Waals surface area contributed by atoms with Crippen LogP contribution in [0, 0.1) is 11.7 Å². The quantitative estimate of drug-likeness (QED) is 0.782. The largest absolute Gasteiger partial charge is 0.494 e. The fourth-order valence-electron chi connectivity index (χ4n) is 2.75. The monoisotopic (exact) mass is 310 g/mol. The van der Waals surface area contributed by atoms with Gasteiger partial charge in [-0.3, -0.25) is 0 Å². The molecule has 0 radical (unpaired) electrons. The molecule has 3 atom stereocenters. The highest BCUT2D eigenvalue weighted by atomic mass is 19.1. The third-order valence-corrected chi connectivity index (χ3v) is 4.09. The van der Waals surface area contributed by atoms with Gasteiger partial charge < -0.3 is 20.5 Å². The van der Waals surface area contributed by atoms with Gasteiger partial charge in [0.2, 0.25) is 0 Å². The summed E-state index contributed by atoms with van der Waals surface area (Å²) in [5, 5.41) is 15.1. The van der Waals surface area contributed by atoms with Crippen LogP contribution in [0.4, 0.5) is 9.18 Å². The molecule has 2 rings (SSSR count). The second-order valence-corrected chi connectivity index (χ2v) is 5.80. The second-order valence-electron chi connectivity index (χ2n) is 5.80. The van der Waals surface area contributed by atoms with Crippen LogP contribution in [0.15, 0.2) is 18.2 Å². The summed E-state index contributed by atoms with van der Waals surface area (Å²) in [5.41, 5.74) is 0.768. The smallest absolute Gasteiger partial charge is 0.315 e. The van der Waals surface area contributed by atoms with Crippen molar-refractivity contribution in [3.8, 4) is 5.75 Å². The average Bonchev–Trinajstić information content (AvgIpc) is 2.91. The SMILES string of the molecule is COc1cc([C@H](C)NC(=O)NC[C@H]2CC[C@H](O)C2)ccc1F. The lowest BCUT2D eigenvalue weighted by Gasteiger charge is -2.17. The van der Waals surface area contributed by atoms with E-state index in [1.807, 2.05) is 6.92 Å². The Morgan fingerprint density at radius 3 is 2.91 bits per heavy atom. The van der Waals surface area contributed by atoms with Gasteiger partial charge in [0, 0.05) is 6.54 Å². The Morgan fingerprint density at radius 2 is 2.27 bits per heavy atom. The molecule has 3 N–H and O–H groups in total. The predicted octanol–water partition coefficient (Wildman–Crippen LogP) is 2.36. The van der Waals surface area contributed by atoms with Crippen LogP contribution in [0.25, 0.3) is 0 Å². The molecule has 1 fully saturated rings. The summed E-state index contributed by atoms with van der Waals surface area (Å²) in [6.07, 6.45) is 2.25. The molecule has 0 unspecified atom stereocenters. The van der Waals surface area contributed by atoms with Crippen molar-refractivity contribution in [2.45, 2.75) is 38.3 Å². The maximum absolute atomic E-state index is 13.4. The van der Waals surface area contributed by atoms with Crippen molar-refractivity contribution >= 4 is 6.03 Å². The number of aliphatic hydroxyl groups excluding tert-OH is 1. The molecule has 0 heterocycles. The van der Waals surface area contributed by atoms with Gasteiger partial charge in [-0.15, -0.1) is 0 Å². The van der Waals surface area contributed by atoms with Crippen molar-refractivity contribution in [1.29, 1.82) is 0 Å². The highest BCUT2D eigenvalue weighted by Crippen LogP contribution is 2.25. The molecule has 1 saturated carbocycles. The Kier molecular flexibility index (Phi) is 5.60. The van der Waals surface area contributed by atoms with Crippen LogP contribution in [0.2, 0.25) is 0 Å². The molecule has 2 amide bonds.